The van der Waals surface area contributed by atoms with Crippen molar-refractivity contribution in [3.63, 3.8) is 0 Å². The topological polar surface area (TPSA) is 44.5 Å². The molecule has 0 radical (unpaired) electrons. The van der Waals surface area contributed by atoms with E-state index in [9.17, 15) is 0 Å². The number of terminal acetylenes is 2. The van der Waals surface area contributed by atoms with E-state index >= 15 is 0 Å². The zero-order chi connectivity index (χ0) is 12.5. The SMILES string of the molecule is C#CCOc1ccc(CCN)cc1OCC#C.Cl. The highest BCUT2D eigenvalue weighted by molar-refractivity contribution is 5.85. The van der Waals surface area contributed by atoms with Crippen LogP contribution in [0.4, 0.5) is 0 Å². The zero-order valence-corrected chi connectivity index (χ0v) is 10.8. The van der Waals surface area contributed by atoms with Gasteiger partial charge in [0.1, 0.15) is 13.2 Å². The van der Waals surface area contributed by atoms with Crippen molar-refractivity contribution in [3.05, 3.63) is 23.8 Å². The molecule has 96 valence electrons. The van der Waals surface area contributed by atoms with Crippen LogP contribution in [0.15, 0.2) is 18.2 Å². The minimum atomic E-state index is 0. The van der Waals surface area contributed by atoms with Crippen LogP contribution in [-0.4, -0.2) is 19.8 Å². The lowest BCUT2D eigenvalue weighted by molar-refractivity contribution is 0.314. The molecule has 0 spiro atoms. The number of ether oxygens (including phenoxy) is 2. The first-order valence-electron chi connectivity index (χ1n) is 5.27. The number of rotatable bonds is 6. The van der Waals surface area contributed by atoms with E-state index in [1.54, 1.807) is 0 Å². The first-order chi connectivity index (χ1) is 8.31. The predicted molar refractivity (Wildman–Crippen MR) is 75.1 cm³/mol. The summed E-state index contributed by atoms with van der Waals surface area (Å²) in [6, 6.07) is 5.62. The van der Waals surface area contributed by atoms with Gasteiger partial charge in [0, 0.05) is 0 Å². The molecule has 0 saturated heterocycles. The van der Waals surface area contributed by atoms with Gasteiger partial charge in [0.15, 0.2) is 11.5 Å². The molecule has 0 unspecified atom stereocenters. The summed E-state index contributed by atoms with van der Waals surface area (Å²) in [4.78, 5) is 0. The Morgan fingerprint density at radius 1 is 1.06 bits per heavy atom. The Hall–Kier alpha value is -1.81. The highest BCUT2D eigenvalue weighted by Crippen LogP contribution is 2.28. The maximum atomic E-state index is 5.50. The third-order valence-electron chi connectivity index (χ3n) is 2.06. The Morgan fingerprint density at radius 3 is 2.22 bits per heavy atom. The number of nitrogens with two attached hydrogens (primary N) is 1. The molecule has 1 aromatic carbocycles. The van der Waals surface area contributed by atoms with Crippen molar-refractivity contribution in [3.8, 4) is 36.2 Å². The van der Waals surface area contributed by atoms with Gasteiger partial charge in [-0.1, -0.05) is 17.9 Å². The average Bonchev–Trinajstić information content (AvgIpc) is 2.35. The van der Waals surface area contributed by atoms with Crippen LogP contribution in [0.3, 0.4) is 0 Å². The van der Waals surface area contributed by atoms with E-state index in [1.165, 1.54) is 0 Å². The molecule has 1 aromatic rings. The van der Waals surface area contributed by atoms with Gasteiger partial charge in [0.05, 0.1) is 0 Å². The smallest absolute Gasteiger partial charge is 0.162 e. The lowest BCUT2D eigenvalue weighted by Crippen LogP contribution is -2.04. The fourth-order valence-electron chi connectivity index (χ4n) is 1.35. The van der Waals surface area contributed by atoms with Crippen molar-refractivity contribution in [2.45, 2.75) is 6.42 Å². The van der Waals surface area contributed by atoms with Gasteiger partial charge in [0.2, 0.25) is 0 Å². The summed E-state index contributed by atoms with van der Waals surface area (Å²) in [5.74, 6) is 6.01. The third-order valence-corrected chi connectivity index (χ3v) is 2.06. The Kier molecular flexibility index (Phi) is 8.31. The van der Waals surface area contributed by atoms with E-state index in [1.807, 2.05) is 18.2 Å². The summed E-state index contributed by atoms with van der Waals surface area (Å²) in [6.07, 6.45) is 11.1. The molecule has 0 fully saturated rings. The summed E-state index contributed by atoms with van der Waals surface area (Å²) in [6.45, 7) is 0.972. The standard InChI is InChI=1S/C14H15NO2.ClH/c1-3-9-16-13-6-5-12(7-8-15)11-14(13)17-10-4-2;/h1-2,5-6,11H,7-10,15H2;1H. The molecule has 3 nitrogen and oxygen atoms in total. The Labute approximate surface area is 114 Å². The van der Waals surface area contributed by atoms with Crippen molar-refractivity contribution in [2.75, 3.05) is 19.8 Å². The molecule has 0 amide bonds. The average molecular weight is 266 g/mol. The van der Waals surface area contributed by atoms with Gasteiger partial charge in [-0.3, -0.25) is 0 Å². The van der Waals surface area contributed by atoms with Gasteiger partial charge in [0.25, 0.3) is 0 Å². The molecule has 1 rings (SSSR count). The van der Waals surface area contributed by atoms with E-state index in [-0.39, 0.29) is 25.6 Å². The zero-order valence-electron chi connectivity index (χ0n) is 10.0. The summed E-state index contributed by atoms with van der Waals surface area (Å²) in [7, 11) is 0. The second kappa shape index (κ2) is 9.24. The van der Waals surface area contributed by atoms with Crippen LogP contribution in [0.25, 0.3) is 0 Å². The maximum absolute atomic E-state index is 5.50. The van der Waals surface area contributed by atoms with Gasteiger partial charge in [-0.2, -0.15) is 0 Å². The van der Waals surface area contributed by atoms with Crippen molar-refractivity contribution >= 4 is 12.4 Å². The summed E-state index contributed by atoms with van der Waals surface area (Å²) < 4.78 is 10.8. The summed E-state index contributed by atoms with van der Waals surface area (Å²) >= 11 is 0. The maximum Gasteiger partial charge on any atom is 0.162 e. The molecule has 0 atom stereocenters. The molecule has 2 N–H and O–H groups in total. The molecule has 4 heteroatoms. The van der Waals surface area contributed by atoms with E-state index in [0.717, 1.165) is 12.0 Å². The highest BCUT2D eigenvalue weighted by atomic mass is 35.5. The van der Waals surface area contributed by atoms with Crippen molar-refractivity contribution in [2.24, 2.45) is 5.73 Å². The van der Waals surface area contributed by atoms with Crippen LogP contribution in [0.2, 0.25) is 0 Å². The van der Waals surface area contributed by atoms with E-state index < -0.39 is 0 Å². The molecule has 18 heavy (non-hydrogen) atoms. The predicted octanol–water partition coefficient (Wildman–Crippen LogP) is 1.63. The number of hydrogen-bond donors (Lipinski definition) is 1. The lowest BCUT2D eigenvalue weighted by atomic mass is 10.1. The van der Waals surface area contributed by atoms with Crippen LogP contribution in [-0.2, 0) is 6.42 Å². The van der Waals surface area contributed by atoms with Crippen LogP contribution < -0.4 is 15.2 Å². The third kappa shape index (κ3) is 5.01. The molecular formula is C14H16ClNO2. The minimum absolute atomic E-state index is 0. The Balaban J connectivity index is 0.00000289. The Morgan fingerprint density at radius 2 is 1.67 bits per heavy atom. The summed E-state index contributed by atoms with van der Waals surface area (Å²) in [5, 5.41) is 0. The van der Waals surface area contributed by atoms with Gasteiger partial charge >= 0.3 is 0 Å². The first kappa shape index (κ1) is 16.2. The molecule has 0 saturated carbocycles. The Bertz CT molecular complexity index is 446. The van der Waals surface area contributed by atoms with Gasteiger partial charge in [-0.05, 0) is 30.7 Å². The first-order valence-corrected chi connectivity index (χ1v) is 5.27. The van der Waals surface area contributed by atoms with Crippen LogP contribution in [0, 0.1) is 24.7 Å². The van der Waals surface area contributed by atoms with E-state index in [0.29, 0.717) is 18.0 Å². The molecule has 0 aliphatic carbocycles. The van der Waals surface area contributed by atoms with Gasteiger partial charge in [-0.25, -0.2) is 0 Å². The molecule has 0 aromatic heterocycles. The van der Waals surface area contributed by atoms with Gasteiger partial charge in [-0.15, -0.1) is 25.3 Å². The van der Waals surface area contributed by atoms with Crippen LogP contribution in [0.5, 0.6) is 11.5 Å². The second-order valence-electron chi connectivity index (χ2n) is 3.31. The fraction of sp³-hybridized carbons (Fsp3) is 0.286. The summed E-state index contributed by atoms with van der Waals surface area (Å²) in [5.41, 5.74) is 6.57. The van der Waals surface area contributed by atoms with Crippen molar-refractivity contribution < 1.29 is 9.47 Å². The molecular weight excluding hydrogens is 250 g/mol. The quantitative estimate of drug-likeness (QED) is 0.796. The second-order valence-corrected chi connectivity index (χ2v) is 3.31. The van der Waals surface area contributed by atoms with Crippen LogP contribution in [0.1, 0.15) is 5.56 Å². The molecule has 0 bridgehead atoms. The number of halogens is 1. The minimum Gasteiger partial charge on any atom is -0.477 e. The van der Waals surface area contributed by atoms with Crippen LogP contribution >= 0.6 is 12.4 Å². The van der Waals surface area contributed by atoms with Crippen molar-refractivity contribution in [1.82, 2.24) is 0 Å². The molecule has 0 heterocycles. The monoisotopic (exact) mass is 265 g/mol. The lowest BCUT2D eigenvalue weighted by Gasteiger charge is -2.11. The molecule has 0 aliphatic rings. The largest absolute Gasteiger partial charge is 0.477 e. The number of benzene rings is 1. The van der Waals surface area contributed by atoms with Gasteiger partial charge < -0.3 is 15.2 Å². The van der Waals surface area contributed by atoms with E-state index in [4.69, 9.17) is 28.1 Å². The molecule has 0 aliphatic heterocycles. The fourth-order valence-corrected chi connectivity index (χ4v) is 1.35. The van der Waals surface area contributed by atoms with Crippen molar-refractivity contribution in [1.29, 1.82) is 0 Å². The normalized spacial score (nSPS) is 8.61. The highest BCUT2D eigenvalue weighted by Gasteiger charge is 2.06. The number of hydrogen-bond acceptors (Lipinski definition) is 3. The van der Waals surface area contributed by atoms with E-state index in [2.05, 4.69) is 11.8 Å².